The Labute approximate surface area is 555 Å². The first-order valence-corrected chi connectivity index (χ1v) is 37.2. The van der Waals surface area contributed by atoms with Crippen LogP contribution in [0.25, 0.3) is 0 Å². The van der Waals surface area contributed by atoms with E-state index in [1.807, 2.05) is 0 Å². The predicted octanol–water partition coefficient (Wildman–Crippen LogP) is 10.8. The lowest BCUT2D eigenvalue weighted by Gasteiger charge is -2.48. The molecule has 3 fully saturated rings. The zero-order chi connectivity index (χ0) is 66.8. The summed E-state index contributed by atoms with van der Waals surface area (Å²) < 4.78 is 34.5. The summed E-state index contributed by atoms with van der Waals surface area (Å²) in [5, 5.41) is 121. The molecule has 540 valence electrons. The molecular formula is C73H135NO18. The largest absolute Gasteiger partial charge is 0.394 e. The fourth-order valence-corrected chi connectivity index (χ4v) is 12.7. The first-order chi connectivity index (χ1) is 44.8. The lowest BCUT2D eigenvalue weighted by Crippen LogP contribution is -2.66. The number of nitrogens with one attached hydrogen (secondary N) is 1. The van der Waals surface area contributed by atoms with Gasteiger partial charge in [0.15, 0.2) is 18.9 Å². The highest BCUT2D eigenvalue weighted by Gasteiger charge is 2.53. The van der Waals surface area contributed by atoms with Crippen molar-refractivity contribution < 1.29 is 89.4 Å². The number of hydrogen-bond acceptors (Lipinski definition) is 18. The van der Waals surface area contributed by atoms with Crippen molar-refractivity contribution in [3.05, 3.63) is 36.5 Å². The number of aliphatic hydroxyl groups is 11. The van der Waals surface area contributed by atoms with E-state index in [-0.39, 0.29) is 18.9 Å². The van der Waals surface area contributed by atoms with E-state index in [2.05, 4.69) is 55.6 Å². The van der Waals surface area contributed by atoms with Crippen LogP contribution >= 0.6 is 0 Å². The minimum Gasteiger partial charge on any atom is -0.394 e. The van der Waals surface area contributed by atoms with E-state index in [0.717, 1.165) is 83.5 Å². The van der Waals surface area contributed by atoms with Gasteiger partial charge in [0.1, 0.15) is 73.2 Å². The summed E-state index contributed by atoms with van der Waals surface area (Å²) in [6.07, 6.45) is 38.0. The zero-order valence-corrected chi connectivity index (χ0v) is 57.3. The molecule has 0 bridgehead atoms. The molecule has 12 N–H and O–H groups in total. The fraction of sp³-hybridized carbons (Fsp3) is 0.904. The molecule has 3 aliphatic rings. The predicted molar refractivity (Wildman–Crippen MR) is 360 cm³/mol. The number of hydrogen-bond donors (Lipinski definition) is 12. The molecule has 1 amide bonds. The molecule has 17 unspecified atom stereocenters. The summed E-state index contributed by atoms with van der Waals surface area (Å²) in [4.78, 5) is 13.4. The van der Waals surface area contributed by atoms with Gasteiger partial charge in [-0.05, 0) is 51.4 Å². The van der Waals surface area contributed by atoms with Crippen molar-refractivity contribution in [2.75, 3.05) is 26.4 Å². The highest BCUT2D eigenvalue weighted by atomic mass is 16.8. The number of carbonyl (C=O) groups is 1. The molecule has 0 radical (unpaired) electrons. The topological polar surface area (TPSA) is 307 Å². The molecule has 3 rings (SSSR count). The number of rotatable bonds is 58. The van der Waals surface area contributed by atoms with Gasteiger partial charge in [-0.3, -0.25) is 4.79 Å². The van der Waals surface area contributed by atoms with E-state index in [0.29, 0.717) is 12.8 Å². The molecule has 0 saturated carbocycles. The average Bonchev–Trinajstić information content (AvgIpc) is 0.855. The fourth-order valence-electron chi connectivity index (χ4n) is 12.7. The van der Waals surface area contributed by atoms with E-state index >= 15 is 0 Å². The lowest BCUT2D eigenvalue weighted by atomic mass is 9.96. The SMILES string of the molecule is CCCCC/C=C\C/C=C\C/C=C\CCCCCCCCC(=O)NC(COC1OC(CO)C(OC2OC(CO)C(OC3OC(CO)C(O)C(O)C3O)C(O)C2O)C(O)C1O)C(O)CCCCCCCCCCCCCCCCCCCCCCCCCCCCCC. The van der Waals surface area contributed by atoms with Crippen LogP contribution in [0.3, 0.4) is 0 Å². The highest BCUT2D eigenvalue weighted by Crippen LogP contribution is 2.33. The van der Waals surface area contributed by atoms with Crippen LogP contribution in [-0.4, -0.2) is 193 Å². The third-order valence-corrected chi connectivity index (χ3v) is 18.7. The normalized spacial score (nSPS) is 27.9. The molecule has 17 atom stereocenters. The molecule has 19 nitrogen and oxygen atoms in total. The minimum absolute atomic E-state index is 0.252. The smallest absolute Gasteiger partial charge is 0.220 e. The quantitative estimate of drug-likeness (QED) is 0.0199. The summed E-state index contributed by atoms with van der Waals surface area (Å²) in [6, 6.07) is -0.896. The molecule has 0 spiro atoms. The van der Waals surface area contributed by atoms with Gasteiger partial charge in [-0.15, -0.1) is 0 Å². The number of unbranched alkanes of at least 4 members (excludes halogenated alkanes) is 36. The Morgan fingerprint density at radius 3 is 1.14 bits per heavy atom. The van der Waals surface area contributed by atoms with Crippen LogP contribution in [0, 0.1) is 0 Å². The number of ether oxygens (including phenoxy) is 6. The van der Waals surface area contributed by atoms with Crippen molar-refractivity contribution in [1.82, 2.24) is 5.32 Å². The van der Waals surface area contributed by atoms with Crippen molar-refractivity contribution in [2.24, 2.45) is 0 Å². The molecule has 3 heterocycles. The summed E-state index contributed by atoms with van der Waals surface area (Å²) >= 11 is 0. The van der Waals surface area contributed by atoms with Crippen LogP contribution in [-0.2, 0) is 33.2 Å². The van der Waals surface area contributed by atoms with Gasteiger partial charge in [0.25, 0.3) is 0 Å². The maximum atomic E-state index is 13.4. The highest BCUT2D eigenvalue weighted by molar-refractivity contribution is 5.76. The average molecular weight is 1310 g/mol. The second-order valence-corrected chi connectivity index (χ2v) is 26.8. The van der Waals surface area contributed by atoms with E-state index in [1.54, 1.807) is 0 Å². The molecule has 0 aliphatic carbocycles. The van der Waals surface area contributed by atoms with E-state index < -0.39 is 124 Å². The Bertz CT molecular complexity index is 1810. The monoisotopic (exact) mass is 1310 g/mol. The van der Waals surface area contributed by atoms with Crippen molar-refractivity contribution in [3.8, 4) is 0 Å². The maximum Gasteiger partial charge on any atom is 0.220 e. The maximum absolute atomic E-state index is 13.4. The van der Waals surface area contributed by atoms with E-state index in [4.69, 9.17) is 28.4 Å². The molecule has 0 aromatic carbocycles. The van der Waals surface area contributed by atoms with Crippen LogP contribution in [0.4, 0.5) is 0 Å². The van der Waals surface area contributed by atoms with Gasteiger partial charge in [-0.25, -0.2) is 0 Å². The molecule has 3 aliphatic heterocycles. The Kier molecular flexibility index (Phi) is 50.3. The second-order valence-electron chi connectivity index (χ2n) is 26.8. The molecule has 3 saturated heterocycles. The number of carbonyl (C=O) groups excluding carboxylic acids is 1. The minimum atomic E-state index is -1.97. The summed E-state index contributed by atoms with van der Waals surface area (Å²) in [5.41, 5.74) is 0. The standard InChI is InChI=1S/C73H135NO18/c1-3-5-7-9-11-13-15-17-19-21-23-24-25-26-27-28-29-30-31-33-34-36-38-40-42-44-46-48-50-57(78)56(74-61(79)51-49-47-45-43-41-39-37-35-32-22-20-18-16-14-12-10-8-6-4-2)55-87-71-67(85)64(82)69(59(53-76)89-71)92-73-68(86)65(83)70(60(54-77)90-73)91-72-66(84)63(81)62(80)58(52-75)88-72/h12,14,18,20,32,35,56-60,62-73,75-78,80-86H,3-11,13,15-17,19,21-31,33-34,36-55H2,1-2H3,(H,74,79)/b14-12-,20-18-,35-32-. The molecule has 92 heavy (non-hydrogen) atoms. The van der Waals surface area contributed by atoms with Crippen LogP contribution in [0.1, 0.15) is 290 Å². The Balaban J connectivity index is 1.40. The first-order valence-electron chi connectivity index (χ1n) is 37.2. The Morgan fingerprint density at radius 2 is 0.717 bits per heavy atom. The van der Waals surface area contributed by atoms with Crippen LogP contribution < -0.4 is 5.32 Å². The van der Waals surface area contributed by atoms with E-state index in [1.165, 1.54) is 173 Å². The van der Waals surface area contributed by atoms with Gasteiger partial charge in [-0.2, -0.15) is 0 Å². The molecule has 0 aromatic heterocycles. The van der Waals surface area contributed by atoms with Crippen LogP contribution in [0.15, 0.2) is 36.5 Å². The lowest BCUT2D eigenvalue weighted by molar-refractivity contribution is -0.379. The van der Waals surface area contributed by atoms with Crippen molar-refractivity contribution >= 4 is 5.91 Å². The summed E-state index contributed by atoms with van der Waals surface area (Å²) in [6.45, 7) is 1.79. The number of aliphatic hydroxyl groups excluding tert-OH is 11. The Hall–Kier alpha value is -1.99. The Morgan fingerprint density at radius 1 is 0.391 bits per heavy atom. The second kappa shape index (κ2) is 55.0. The van der Waals surface area contributed by atoms with Crippen LogP contribution in [0.2, 0.25) is 0 Å². The number of amides is 1. The van der Waals surface area contributed by atoms with Gasteiger partial charge in [0.2, 0.25) is 5.91 Å². The number of allylic oxidation sites excluding steroid dienone is 6. The van der Waals surface area contributed by atoms with Crippen molar-refractivity contribution in [1.29, 1.82) is 0 Å². The zero-order valence-electron chi connectivity index (χ0n) is 57.3. The van der Waals surface area contributed by atoms with Crippen LogP contribution in [0.5, 0.6) is 0 Å². The molecule has 19 heteroatoms. The third-order valence-electron chi connectivity index (χ3n) is 18.7. The molecular weight excluding hydrogens is 1180 g/mol. The third kappa shape index (κ3) is 36.0. The van der Waals surface area contributed by atoms with Gasteiger partial charge in [0, 0.05) is 6.42 Å². The van der Waals surface area contributed by atoms with Gasteiger partial charge in [0.05, 0.1) is 38.6 Å². The summed E-state index contributed by atoms with van der Waals surface area (Å²) in [5.74, 6) is -0.252. The van der Waals surface area contributed by atoms with E-state index in [9.17, 15) is 61.0 Å². The van der Waals surface area contributed by atoms with Crippen molar-refractivity contribution in [2.45, 2.75) is 394 Å². The molecule has 0 aromatic rings. The first kappa shape index (κ1) is 84.2. The van der Waals surface area contributed by atoms with Gasteiger partial charge >= 0.3 is 0 Å². The summed E-state index contributed by atoms with van der Waals surface area (Å²) in [7, 11) is 0. The van der Waals surface area contributed by atoms with Crippen molar-refractivity contribution in [3.63, 3.8) is 0 Å². The van der Waals surface area contributed by atoms with Gasteiger partial charge < -0.3 is 89.9 Å². The van der Waals surface area contributed by atoms with Gasteiger partial charge in [-0.1, -0.05) is 269 Å².